The van der Waals surface area contributed by atoms with Gasteiger partial charge < -0.3 is 15.4 Å². The number of guanidine groups is 1. The molecule has 1 atom stereocenters. The maximum Gasteiger partial charge on any atom is 0.191 e. The van der Waals surface area contributed by atoms with Crippen LogP contribution in [0.3, 0.4) is 0 Å². The Morgan fingerprint density at radius 2 is 2.15 bits per heavy atom. The summed E-state index contributed by atoms with van der Waals surface area (Å²) in [6.07, 6.45) is 2.00. The van der Waals surface area contributed by atoms with Crippen molar-refractivity contribution >= 4 is 41.3 Å². The summed E-state index contributed by atoms with van der Waals surface area (Å²) in [6.45, 7) is 5.90. The number of hydrogen-bond acceptors (Lipinski definition) is 4. The molecule has 2 aromatic rings. The maximum atomic E-state index is 5.95. The van der Waals surface area contributed by atoms with Crippen LogP contribution in [-0.2, 0) is 12.8 Å². The molecule has 3 rings (SSSR count). The zero-order chi connectivity index (χ0) is 17.6. The minimum atomic E-state index is 0. The fraction of sp³-hybridized carbons (Fsp3) is 0.474. The second kappa shape index (κ2) is 10.1. The molecular formula is C19H27IN4OS. The fourth-order valence-electron chi connectivity index (χ4n) is 2.81. The van der Waals surface area contributed by atoms with Crippen LogP contribution in [0.25, 0.3) is 0 Å². The van der Waals surface area contributed by atoms with E-state index in [-0.39, 0.29) is 30.1 Å². The number of para-hydroxylation sites is 1. The number of nitrogens with one attached hydrogen (secondary N) is 2. The molecule has 142 valence electrons. The summed E-state index contributed by atoms with van der Waals surface area (Å²) in [7, 11) is 1.79. The molecule has 2 N–H and O–H groups in total. The highest BCUT2D eigenvalue weighted by Gasteiger charge is 2.22. The molecular weight excluding hydrogens is 459 g/mol. The summed E-state index contributed by atoms with van der Waals surface area (Å²) in [5.41, 5.74) is 2.42. The Morgan fingerprint density at radius 1 is 1.35 bits per heavy atom. The minimum Gasteiger partial charge on any atom is -0.488 e. The SMILES string of the molecule is CN=C(NCCc1csc(C(C)C)n1)NCC1Cc2ccccc2O1.I. The molecule has 0 aliphatic carbocycles. The fourth-order valence-corrected chi connectivity index (χ4v) is 3.68. The Balaban J connectivity index is 0.00000243. The summed E-state index contributed by atoms with van der Waals surface area (Å²) >= 11 is 1.74. The molecule has 0 radical (unpaired) electrons. The highest BCUT2D eigenvalue weighted by Crippen LogP contribution is 2.27. The molecule has 1 aromatic carbocycles. The Morgan fingerprint density at radius 3 is 2.85 bits per heavy atom. The molecule has 0 fully saturated rings. The van der Waals surface area contributed by atoms with Crippen molar-refractivity contribution in [3.63, 3.8) is 0 Å². The average molecular weight is 486 g/mol. The van der Waals surface area contributed by atoms with Gasteiger partial charge in [0, 0.05) is 37.7 Å². The number of nitrogens with zero attached hydrogens (tertiary/aromatic N) is 2. The Bertz CT molecular complexity index is 707. The van der Waals surface area contributed by atoms with Gasteiger partial charge >= 0.3 is 0 Å². The average Bonchev–Trinajstić information content (AvgIpc) is 3.24. The highest BCUT2D eigenvalue weighted by molar-refractivity contribution is 14.0. The Kier molecular flexibility index (Phi) is 8.15. The topological polar surface area (TPSA) is 58.5 Å². The summed E-state index contributed by atoms with van der Waals surface area (Å²) in [5, 5.41) is 10.1. The lowest BCUT2D eigenvalue weighted by molar-refractivity contribution is 0.235. The quantitative estimate of drug-likeness (QED) is 0.372. The molecule has 0 amide bonds. The van der Waals surface area contributed by atoms with E-state index in [0.717, 1.165) is 43.3 Å². The van der Waals surface area contributed by atoms with Crippen LogP contribution >= 0.6 is 35.3 Å². The summed E-state index contributed by atoms with van der Waals surface area (Å²) in [5.74, 6) is 2.30. The molecule has 1 aromatic heterocycles. The molecule has 1 aliphatic heterocycles. The van der Waals surface area contributed by atoms with Gasteiger partial charge in [0.05, 0.1) is 17.2 Å². The molecule has 7 heteroatoms. The minimum absolute atomic E-state index is 0. The van der Waals surface area contributed by atoms with Crippen LogP contribution in [0.2, 0.25) is 0 Å². The standard InChI is InChI=1S/C19H26N4OS.HI/c1-13(2)18-23-15(12-25-18)8-9-21-19(20-3)22-11-16-10-14-6-4-5-7-17(14)24-16;/h4-7,12-13,16H,8-11H2,1-3H3,(H2,20,21,22);1H. The third-order valence-corrected chi connectivity index (χ3v) is 5.37. The van der Waals surface area contributed by atoms with Gasteiger partial charge in [-0.15, -0.1) is 35.3 Å². The van der Waals surface area contributed by atoms with Crippen molar-refractivity contribution in [3.8, 4) is 5.75 Å². The number of aliphatic imine (C=N–C) groups is 1. The van der Waals surface area contributed by atoms with Crippen molar-refractivity contribution in [2.75, 3.05) is 20.1 Å². The molecule has 1 unspecified atom stereocenters. The molecule has 2 heterocycles. The van der Waals surface area contributed by atoms with Gasteiger partial charge in [0.25, 0.3) is 0 Å². The molecule has 0 saturated heterocycles. The lowest BCUT2D eigenvalue weighted by Gasteiger charge is -2.15. The van der Waals surface area contributed by atoms with Crippen LogP contribution in [0.4, 0.5) is 0 Å². The second-order valence-corrected chi connectivity index (χ2v) is 7.40. The van der Waals surface area contributed by atoms with E-state index in [2.05, 4.69) is 52.0 Å². The first-order valence-corrected chi connectivity index (χ1v) is 9.67. The number of rotatable bonds is 6. The van der Waals surface area contributed by atoms with Crippen LogP contribution in [-0.4, -0.2) is 37.2 Å². The van der Waals surface area contributed by atoms with E-state index in [1.807, 2.05) is 12.1 Å². The molecule has 26 heavy (non-hydrogen) atoms. The smallest absolute Gasteiger partial charge is 0.191 e. The largest absolute Gasteiger partial charge is 0.488 e. The number of thiazole rings is 1. The predicted molar refractivity (Wildman–Crippen MR) is 119 cm³/mol. The highest BCUT2D eigenvalue weighted by atomic mass is 127. The van der Waals surface area contributed by atoms with Crippen molar-refractivity contribution < 1.29 is 4.74 Å². The number of aromatic nitrogens is 1. The third kappa shape index (κ3) is 5.57. The van der Waals surface area contributed by atoms with Crippen molar-refractivity contribution in [3.05, 3.63) is 45.9 Å². The normalized spacial score (nSPS) is 16.0. The lowest BCUT2D eigenvalue weighted by Crippen LogP contribution is -2.42. The zero-order valence-corrected chi connectivity index (χ0v) is 18.6. The molecule has 0 saturated carbocycles. The van der Waals surface area contributed by atoms with Gasteiger partial charge in [-0.05, 0) is 11.6 Å². The predicted octanol–water partition coefficient (Wildman–Crippen LogP) is 3.60. The number of hydrogen-bond donors (Lipinski definition) is 2. The van der Waals surface area contributed by atoms with Crippen molar-refractivity contribution in [1.29, 1.82) is 0 Å². The number of halogens is 1. The first kappa shape index (κ1) is 21.0. The van der Waals surface area contributed by atoms with Crippen molar-refractivity contribution in [1.82, 2.24) is 15.6 Å². The Labute approximate surface area is 176 Å². The van der Waals surface area contributed by atoms with Crippen molar-refractivity contribution in [2.45, 2.75) is 38.7 Å². The van der Waals surface area contributed by atoms with E-state index < -0.39 is 0 Å². The van der Waals surface area contributed by atoms with E-state index >= 15 is 0 Å². The van der Waals surface area contributed by atoms with E-state index in [4.69, 9.17) is 4.74 Å². The van der Waals surface area contributed by atoms with Crippen LogP contribution < -0.4 is 15.4 Å². The van der Waals surface area contributed by atoms with Gasteiger partial charge in [-0.25, -0.2) is 4.98 Å². The van der Waals surface area contributed by atoms with Crippen LogP contribution in [0.5, 0.6) is 5.75 Å². The van der Waals surface area contributed by atoms with E-state index in [1.54, 1.807) is 18.4 Å². The van der Waals surface area contributed by atoms with E-state index in [9.17, 15) is 0 Å². The second-order valence-electron chi connectivity index (χ2n) is 6.51. The Hall–Kier alpha value is -1.35. The van der Waals surface area contributed by atoms with Gasteiger partial charge in [0.15, 0.2) is 5.96 Å². The zero-order valence-electron chi connectivity index (χ0n) is 15.5. The van der Waals surface area contributed by atoms with Gasteiger partial charge in [0.2, 0.25) is 0 Å². The molecule has 1 aliphatic rings. The van der Waals surface area contributed by atoms with Crippen LogP contribution in [0, 0.1) is 0 Å². The first-order chi connectivity index (χ1) is 12.2. The van der Waals surface area contributed by atoms with E-state index in [0.29, 0.717) is 5.92 Å². The van der Waals surface area contributed by atoms with Gasteiger partial charge in [-0.3, -0.25) is 4.99 Å². The van der Waals surface area contributed by atoms with Crippen molar-refractivity contribution in [2.24, 2.45) is 4.99 Å². The van der Waals surface area contributed by atoms with Gasteiger partial charge in [0.1, 0.15) is 11.9 Å². The number of ether oxygens (including phenoxy) is 1. The summed E-state index contributed by atoms with van der Waals surface area (Å²) < 4.78 is 5.95. The third-order valence-electron chi connectivity index (χ3n) is 4.17. The van der Waals surface area contributed by atoms with Crippen LogP contribution in [0.15, 0.2) is 34.6 Å². The molecule has 5 nitrogen and oxygen atoms in total. The lowest BCUT2D eigenvalue weighted by atomic mass is 10.1. The number of benzene rings is 1. The van der Waals surface area contributed by atoms with Gasteiger partial charge in [-0.2, -0.15) is 0 Å². The van der Waals surface area contributed by atoms with Crippen LogP contribution in [0.1, 0.15) is 36.0 Å². The molecule has 0 bridgehead atoms. The molecule has 0 spiro atoms. The summed E-state index contributed by atoms with van der Waals surface area (Å²) in [6, 6.07) is 8.23. The summed E-state index contributed by atoms with van der Waals surface area (Å²) in [4.78, 5) is 8.95. The first-order valence-electron chi connectivity index (χ1n) is 8.79. The van der Waals surface area contributed by atoms with Gasteiger partial charge in [-0.1, -0.05) is 32.0 Å². The van der Waals surface area contributed by atoms with E-state index in [1.165, 1.54) is 10.6 Å². The number of fused-ring (bicyclic) bond motifs is 1. The maximum absolute atomic E-state index is 5.95. The monoisotopic (exact) mass is 486 g/mol.